The summed E-state index contributed by atoms with van der Waals surface area (Å²) in [4.78, 5) is 27.1. The average molecular weight is 385 g/mol. The highest BCUT2D eigenvalue weighted by Crippen LogP contribution is 2.33. The molecule has 2 amide bonds. The van der Waals surface area contributed by atoms with E-state index in [1.165, 1.54) is 0 Å². The molecule has 1 N–H and O–H groups in total. The van der Waals surface area contributed by atoms with E-state index in [4.69, 9.17) is 11.6 Å². The first-order valence-corrected chi connectivity index (χ1v) is 9.74. The van der Waals surface area contributed by atoms with Gasteiger partial charge in [-0.2, -0.15) is 0 Å². The maximum absolute atomic E-state index is 12.7. The Hall–Kier alpha value is -2.33. The van der Waals surface area contributed by atoms with Gasteiger partial charge in [0.25, 0.3) is 0 Å². The number of hydrogen-bond acceptors (Lipinski definition) is 2. The normalized spacial score (nSPS) is 17.9. The Kier molecular flexibility index (Phi) is 5.85. The van der Waals surface area contributed by atoms with E-state index < -0.39 is 0 Å². The molecule has 0 bridgehead atoms. The Labute approximate surface area is 165 Å². The van der Waals surface area contributed by atoms with Gasteiger partial charge < -0.3 is 10.2 Å². The van der Waals surface area contributed by atoms with Crippen molar-refractivity contribution in [2.75, 3.05) is 16.8 Å². The van der Waals surface area contributed by atoms with Crippen molar-refractivity contribution >= 4 is 34.8 Å². The van der Waals surface area contributed by atoms with Crippen LogP contribution in [0.4, 0.5) is 11.4 Å². The van der Waals surface area contributed by atoms with Crippen LogP contribution in [0, 0.1) is 12.8 Å². The highest BCUT2D eigenvalue weighted by Gasteiger charge is 2.36. The molecule has 1 aliphatic heterocycles. The van der Waals surface area contributed by atoms with Gasteiger partial charge in [-0.05, 0) is 48.6 Å². The first-order valence-electron chi connectivity index (χ1n) is 9.37. The molecule has 1 heterocycles. The van der Waals surface area contributed by atoms with E-state index in [-0.39, 0.29) is 24.2 Å². The van der Waals surface area contributed by atoms with Crippen molar-refractivity contribution in [2.24, 2.45) is 5.92 Å². The molecular weight excluding hydrogens is 360 g/mol. The van der Waals surface area contributed by atoms with Gasteiger partial charge in [-0.3, -0.25) is 9.59 Å². The number of para-hydroxylation sites is 1. The third-order valence-corrected chi connectivity index (χ3v) is 5.71. The molecule has 3 rings (SSSR count). The Morgan fingerprint density at radius 3 is 2.74 bits per heavy atom. The molecule has 0 aromatic heterocycles. The SMILES string of the molecule is CC[C@@H](C)c1ccccc1N1C[C@@H](C(=O)Nc2ccc(C)c(Cl)c2)CC1=O. The summed E-state index contributed by atoms with van der Waals surface area (Å²) in [6.07, 6.45) is 1.22. The van der Waals surface area contributed by atoms with Crippen LogP contribution in [0.2, 0.25) is 5.02 Å². The molecule has 142 valence electrons. The third-order valence-electron chi connectivity index (χ3n) is 5.31. The largest absolute Gasteiger partial charge is 0.326 e. The number of hydrogen-bond donors (Lipinski definition) is 1. The first-order chi connectivity index (χ1) is 12.9. The molecule has 0 radical (unpaired) electrons. The third kappa shape index (κ3) is 4.16. The van der Waals surface area contributed by atoms with Crippen molar-refractivity contribution in [1.29, 1.82) is 0 Å². The molecule has 5 heteroatoms. The Morgan fingerprint density at radius 1 is 1.30 bits per heavy atom. The molecule has 27 heavy (non-hydrogen) atoms. The first kappa shape index (κ1) is 19.4. The maximum atomic E-state index is 12.7. The summed E-state index contributed by atoms with van der Waals surface area (Å²) in [6, 6.07) is 13.4. The highest BCUT2D eigenvalue weighted by atomic mass is 35.5. The summed E-state index contributed by atoms with van der Waals surface area (Å²) in [5.41, 5.74) is 3.69. The monoisotopic (exact) mass is 384 g/mol. The number of nitrogens with one attached hydrogen (secondary N) is 1. The average Bonchev–Trinajstić information content (AvgIpc) is 3.06. The van der Waals surface area contributed by atoms with Gasteiger partial charge >= 0.3 is 0 Å². The summed E-state index contributed by atoms with van der Waals surface area (Å²) >= 11 is 6.13. The Bertz CT molecular complexity index is 865. The summed E-state index contributed by atoms with van der Waals surface area (Å²) in [7, 11) is 0. The lowest BCUT2D eigenvalue weighted by Gasteiger charge is -2.23. The van der Waals surface area contributed by atoms with Crippen molar-refractivity contribution in [3.8, 4) is 0 Å². The number of nitrogens with zero attached hydrogens (tertiary/aromatic N) is 1. The van der Waals surface area contributed by atoms with Gasteiger partial charge in [0.1, 0.15) is 0 Å². The number of amides is 2. The van der Waals surface area contributed by atoms with Gasteiger partial charge in [0.2, 0.25) is 11.8 Å². The van der Waals surface area contributed by atoms with E-state index in [2.05, 4.69) is 25.2 Å². The molecule has 4 nitrogen and oxygen atoms in total. The van der Waals surface area contributed by atoms with Crippen LogP contribution in [-0.4, -0.2) is 18.4 Å². The molecule has 2 atom stereocenters. The smallest absolute Gasteiger partial charge is 0.229 e. The van der Waals surface area contributed by atoms with Gasteiger partial charge in [-0.15, -0.1) is 0 Å². The Morgan fingerprint density at radius 2 is 2.04 bits per heavy atom. The van der Waals surface area contributed by atoms with Gasteiger partial charge in [0.05, 0.1) is 5.92 Å². The number of carbonyl (C=O) groups is 2. The predicted molar refractivity (Wildman–Crippen MR) is 110 cm³/mol. The molecule has 2 aromatic carbocycles. The molecule has 1 aliphatic rings. The summed E-state index contributed by atoms with van der Waals surface area (Å²) in [5.74, 6) is -0.168. The molecule has 0 spiro atoms. The van der Waals surface area contributed by atoms with E-state index >= 15 is 0 Å². The zero-order valence-electron chi connectivity index (χ0n) is 16.0. The van der Waals surface area contributed by atoms with Crippen molar-refractivity contribution in [3.63, 3.8) is 0 Å². The molecular formula is C22H25ClN2O2. The van der Waals surface area contributed by atoms with Crippen LogP contribution in [0.3, 0.4) is 0 Å². The number of anilines is 2. The zero-order chi connectivity index (χ0) is 19.6. The van der Waals surface area contributed by atoms with Crippen LogP contribution in [-0.2, 0) is 9.59 Å². The molecule has 0 unspecified atom stereocenters. The quantitative estimate of drug-likeness (QED) is 0.774. The second-order valence-electron chi connectivity index (χ2n) is 7.23. The number of carbonyl (C=O) groups excluding carboxylic acids is 2. The van der Waals surface area contributed by atoms with Crippen molar-refractivity contribution in [2.45, 2.75) is 39.5 Å². The lowest BCUT2D eigenvalue weighted by atomic mass is 9.96. The van der Waals surface area contributed by atoms with Crippen molar-refractivity contribution in [3.05, 3.63) is 58.6 Å². The predicted octanol–water partition coefficient (Wildman–Crippen LogP) is 5.15. The zero-order valence-corrected chi connectivity index (χ0v) is 16.7. The summed E-state index contributed by atoms with van der Waals surface area (Å²) in [5, 5.41) is 3.50. The second kappa shape index (κ2) is 8.13. The molecule has 1 saturated heterocycles. The number of benzene rings is 2. The van der Waals surface area contributed by atoms with Crippen molar-refractivity contribution < 1.29 is 9.59 Å². The van der Waals surface area contributed by atoms with Crippen LogP contribution in [0.25, 0.3) is 0 Å². The fraction of sp³-hybridized carbons (Fsp3) is 0.364. The minimum absolute atomic E-state index is 0.00663. The second-order valence-corrected chi connectivity index (χ2v) is 7.63. The fourth-order valence-electron chi connectivity index (χ4n) is 3.40. The number of halogens is 1. The summed E-state index contributed by atoms with van der Waals surface area (Å²) < 4.78 is 0. The summed E-state index contributed by atoms with van der Waals surface area (Å²) in [6.45, 7) is 6.61. The highest BCUT2D eigenvalue weighted by molar-refractivity contribution is 6.31. The van der Waals surface area contributed by atoms with Crippen molar-refractivity contribution in [1.82, 2.24) is 0 Å². The van der Waals surface area contributed by atoms with E-state index in [0.29, 0.717) is 23.2 Å². The van der Waals surface area contributed by atoms with E-state index in [0.717, 1.165) is 23.2 Å². The molecule has 0 aliphatic carbocycles. The van der Waals surface area contributed by atoms with Crippen LogP contribution in [0.15, 0.2) is 42.5 Å². The Balaban J connectivity index is 1.75. The van der Waals surface area contributed by atoms with Crippen LogP contribution in [0.5, 0.6) is 0 Å². The van der Waals surface area contributed by atoms with Crippen LogP contribution in [0.1, 0.15) is 43.7 Å². The number of aryl methyl sites for hydroxylation is 1. The minimum Gasteiger partial charge on any atom is -0.326 e. The van der Waals surface area contributed by atoms with Gasteiger partial charge in [-0.1, -0.05) is 49.7 Å². The van der Waals surface area contributed by atoms with Crippen LogP contribution >= 0.6 is 11.6 Å². The van der Waals surface area contributed by atoms with E-state index in [9.17, 15) is 9.59 Å². The number of rotatable bonds is 5. The van der Waals surface area contributed by atoms with E-state index in [1.54, 1.807) is 11.0 Å². The minimum atomic E-state index is -0.373. The molecule has 0 saturated carbocycles. The lowest BCUT2D eigenvalue weighted by Crippen LogP contribution is -2.29. The lowest BCUT2D eigenvalue weighted by molar-refractivity contribution is -0.122. The molecule has 2 aromatic rings. The maximum Gasteiger partial charge on any atom is 0.229 e. The topological polar surface area (TPSA) is 49.4 Å². The van der Waals surface area contributed by atoms with Gasteiger partial charge in [-0.25, -0.2) is 0 Å². The van der Waals surface area contributed by atoms with E-state index in [1.807, 2.05) is 37.3 Å². The molecule has 1 fully saturated rings. The fourth-order valence-corrected chi connectivity index (χ4v) is 3.58. The standard InChI is InChI=1S/C22H25ClN2O2/c1-4-14(2)18-7-5-6-8-20(18)25-13-16(11-21(25)26)22(27)24-17-10-9-15(3)19(23)12-17/h5-10,12,14,16H,4,11,13H2,1-3H3,(H,24,27)/t14-,16+/m1/s1. The van der Waals surface area contributed by atoms with Gasteiger partial charge in [0.15, 0.2) is 0 Å². The van der Waals surface area contributed by atoms with Gasteiger partial charge in [0, 0.05) is 29.4 Å². The van der Waals surface area contributed by atoms with Crippen LogP contribution < -0.4 is 10.2 Å².